The van der Waals surface area contributed by atoms with Gasteiger partial charge < -0.3 is 10.5 Å². The number of nitrogens with two attached hydrogens (primary N) is 1. The molecule has 0 aromatic heterocycles. The van der Waals surface area contributed by atoms with Gasteiger partial charge in [-0.1, -0.05) is 6.07 Å². The van der Waals surface area contributed by atoms with Crippen LogP contribution in [0.1, 0.15) is 31.4 Å². The lowest BCUT2D eigenvalue weighted by atomic mass is 9.99. The van der Waals surface area contributed by atoms with E-state index in [0.717, 1.165) is 19.4 Å². The first-order chi connectivity index (χ1) is 9.67. The lowest BCUT2D eigenvalue weighted by molar-refractivity contribution is -0.00748. The highest BCUT2D eigenvalue weighted by Gasteiger charge is 2.29. The Morgan fingerprint density at radius 2 is 2.10 bits per heavy atom. The molecule has 0 aliphatic carbocycles. The highest BCUT2D eigenvalue weighted by molar-refractivity contribution is 5.24. The van der Waals surface area contributed by atoms with E-state index >= 15 is 0 Å². The third-order valence-corrected chi connectivity index (χ3v) is 3.81. The van der Waals surface area contributed by atoms with Crippen molar-refractivity contribution >= 4 is 0 Å². The molecule has 0 amide bonds. The zero-order valence-corrected chi connectivity index (χ0v) is 11.8. The molecule has 0 radical (unpaired) electrons. The van der Waals surface area contributed by atoms with E-state index in [-0.39, 0.29) is 18.2 Å². The molecule has 3 nitrogen and oxygen atoms in total. The first-order valence-corrected chi connectivity index (χ1v) is 7.17. The second kappa shape index (κ2) is 7.11. The molecule has 1 heterocycles. The molecule has 5 heteroatoms. The Morgan fingerprint density at radius 3 is 2.70 bits per heavy atom. The highest BCUT2D eigenvalue weighted by Crippen LogP contribution is 2.28. The predicted octanol–water partition coefficient (Wildman–Crippen LogP) is 2.47. The number of benzene rings is 1. The van der Waals surface area contributed by atoms with Crippen LogP contribution < -0.4 is 5.73 Å². The summed E-state index contributed by atoms with van der Waals surface area (Å²) in [7, 11) is 0. The van der Waals surface area contributed by atoms with Gasteiger partial charge in [0.25, 0.3) is 0 Å². The molecular formula is C15H22F2N2O. The Hall–Kier alpha value is -1.04. The van der Waals surface area contributed by atoms with Crippen LogP contribution in [-0.2, 0) is 4.74 Å². The van der Waals surface area contributed by atoms with Crippen LogP contribution in [0.15, 0.2) is 18.2 Å². The molecule has 2 rings (SSSR count). The van der Waals surface area contributed by atoms with Crippen molar-refractivity contribution in [3.63, 3.8) is 0 Å². The van der Waals surface area contributed by atoms with Crippen molar-refractivity contribution in [1.29, 1.82) is 0 Å². The predicted molar refractivity (Wildman–Crippen MR) is 74.4 cm³/mol. The number of halogens is 2. The maximum Gasteiger partial charge on any atom is 0.130 e. The third-order valence-electron chi connectivity index (χ3n) is 3.81. The van der Waals surface area contributed by atoms with Crippen molar-refractivity contribution in [2.45, 2.75) is 31.9 Å². The number of hydrogen-bond acceptors (Lipinski definition) is 3. The molecule has 2 unspecified atom stereocenters. The summed E-state index contributed by atoms with van der Waals surface area (Å²) < 4.78 is 33.5. The number of likely N-dealkylation sites (tertiary alicyclic amines) is 1. The summed E-state index contributed by atoms with van der Waals surface area (Å²) in [5.41, 5.74) is 5.85. The van der Waals surface area contributed by atoms with Gasteiger partial charge in [0.15, 0.2) is 0 Å². The van der Waals surface area contributed by atoms with E-state index < -0.39 is 17.7 Å². The molecule has 0 bridgehead atoms. The quantitative estimate of drug-likeness (QED) is 0.902. The number of hydrogen-bond donors (Lipinski definition) is 1. The summed E-state index contributed by atoms with van der Waals surface area (Å²) in [5.74, 6) is -1.06. The maximum absolute atomic E-state index is 13.9. The lowest BCUT2D eigenvalue weighted by Gasteiger charge is -2.38. The fourth-order valence-corrected chi connectivity index (χ4v) is 2.90. The molecule has 0 saturated carbocycles. The fraction of sp³-hybridized carbons (Fsp3) is 0.600. The normalized spacial score (nSPS) is 21.9. The average molecular weight is 284 g/mol. The molecule has 20 heavy (non-hydrogen) atoms. The van der Waals surface area contributed by atoms with E-state index in [9.17, 15) is 8.78 Å². The Kier molecular flexibility index (Phi) is 5.46. The van der Waals surface area contributed by atoms with E-state index in [1.807, 2.05) is 11.8 Å². The second-order valence-electron chi connectivity index (χ2n) is 5.10. The van der Waals surface area contributed by atoms with Crippen LogP contribution >= 0.6 is 0 Å². The molecule has 1 saturated heterocycles. The van der Waals surface area contributed by atoms with Crippen molar-refractivity contribution in [2.24, 2.45) is 5.73 Å². The highest BCUT2D eigenvalue weighted by atomic mass is 19.1. The van der Waals surface area contributed by atoms with Crippen LogP contribution in [0.5, 0.6) is 0 Å². The molecule has 1 aromatic rings. The summed E-state index contributed by atoms with van der Waals surface area (Å²) in [4.78, 5) is 2.03. The summed E-state index contributed by atoms with van der Waals surface area (Å²) >= 11 is 0. The maximum atomic E-state index is 13.9. The zero-order valence-electron chi connectivity index (χ0n) is 11.8. The van der Waals surface area contributed by atoms with Gasteiger partial charge in [-0.25, -0.2) is 8.78 Å². The van der Waals surface area contributed by atoms with Crippen molar-refractivity contribution in [2.75, 3.05) is 26.2 Å². The van der Waals surface area contributed by atoms with Crippen molar-refractivity contribution in [3.05, 3.63) is 35.4 Å². The number of ether oxygens (including phenoxy) is 1. The minimum Gasteiger partial charge on any atom is -0.377 e. The lowest BCUT2D eigenvalue weighted by Crippen LogP contribution is -2.44. The molecule has 2 atom stereocenters. The van der Waals surface area contributed by atoms with Crippen LogP contribution in [0.3, 0.4) is 0 Å². The first-order valence-electron chi connectivity index (χ1n) is 7.17. The van der Waals surface area contributed by atoms with Crippen LogP contribution in [0.25, 0.3) is 0 Å². The van der Waals surface area contributed by atoms with E-state index in [0.29, 0.717) is 13.2 Å². The number of piperidine rings is 1. The molecular weight excluding hydrogens is 262 g/mol. The van der Waals surface area contributed by atoms with Gasteiger partial charge in [0.05, 0.1) is 12.1 Å². The van der Waals surface area contributed by atoms with E-state index in [1.54, 1.807) is 0 Å². The standard InChI is InChI=1S/C15H22F2N2O/c1-2-20-11-5-4-8-19(10-11)14(9-18)15-12(16)6-3-7-13(15)17/h3,6-7,11,14H,2,4-5,8-10,18H2,1H3. The van der Waals surface area contributed by atoms with Gasteiger partial charge in [0, 0.05) is 25.3 Å². The van der Waals surface area contributed by atoms with E-state index in [4.69, 9.17) is 10.5 Å². The Morgan fingerprint density at radius 1 is 1.40 bits per heavy atom. The third kappa shape index (κ3) is 3.34. The number of rotatable bonds is 5. The first kappa shape index (κ1) is 15.4. The van der Waals surface area contributed by atoms with Gasteiger partial charge >= 0.3 is 0 Å². The van der Waals surface area contributed by atoms with Crippen molar-refractivity contribution < 1.29 is 13.5 Å². The summed E-state index contributed by atoms with van der Waals surface area (Å²) in [6.45, 7) is 4.26. The largest absolute Gasteiger partial charge is 0.377 e. The Balaban J connectivity index is 2.19. The van der Waals surface area contributed by atoms with Gasteiger partial charge in [-0.2, -0.15) is 0 Å². The monoisotopic (exact) mass is 284 g/mol. The smallest absolute Gasteiger partial charge is 0.130 e. The van der Waals surface area contributed by atoms with Crippen LogP contribution in [-0.4, -0.2) is 37.2 Å². The van der Waals surface area contributed by atoms with Gasteiger partial charge in [0.1, 0.15) is 11.6 Å². The Labute approximate surface area is 118 Å². The minimum absolute atomic E-state index is 0.0761. The molecule has 1 fully saturated rings. The molecule has 2 N–H and O–H groups in total. The van der Waals surface area contributed by atoms with E-state index in [1.165, 1.54) is 18.2 Å². The van der Waals surface area contributed by atoms with Crippen LogP contribution in [0, 0.1) is 11.6 Å². The summed E-state index contributed by atoms with van der Waals surface area (Å²) in [6, 6.07) is 3.51. The average Bonchev–Trinajstić information content (AvgIpc) is 2.44. The zero-order chi connectivity index (χ0) is 14.5. The van der Waals surface area contributed by atoms with Crippen molar-refractivity contribution in [3.8, 4) is 0 Å². The SMILES string of the molecule is CCOC1CCCN(C(CN)c2c(F)cccc2F)C1. The topological polar surface area (TPSA) is 38.5 Å². The van der Waals surface area contributed by atoms with Crippen LogP contribution in [0.4, 0.5) is 8.78 Å². The molecule has 1 aromatic carbocycles. The second-order valence-corrected chi connectivity index (χ2v) is 5.10. The Bertz CT molecular complexity index is 420. The minimum atomic E-state index is -0.529. The number of nitrogens with zero attached hydrogens (tertiary/aromatic N) is 1. The summed E-state index contributed by atoms with van der Waals surface area (Å²) in [5, 5.41) is 0. The van der Waals surface area contributed by atoms with Gasteiger partial charge in [0.2, 0.25) is 0 Å². The molecule has 0 spiro atoms. The van der Waals surface area contributed by atoms with Gasteiger partial charge in [-0.05, 0) is 38.4 Å². The summed E-state index contributed by atoms with van der Waals surface area (Å²) in [6.07, 6.45) is 2.07. The fourth-order valence-electron chi connectivity index (χ4n) is 2.90. The van der Waals surface area contributed by atoms with Gasteiger partial charge in [-0.3, -0.25) is 4.90 Å². The van der Waals surface area contributed by atoms with Gasteiger partial charge in [-0.15, -0.1) is 0 Å². The molecule has 112 valence electrons. The van der Waals surface area contributed by atoms with E-state index in [2.05, 4.69) is 0 Å². The molecule has 1 aliphatic rings. The van der Waals surface area contributed by atoms with Crippen molar-refractivity contribution in [1.82, 2.24) is 4.90 Å². The molecule has 1 aliphatic heterocycles. The van der Waals surface area contributed by atoms with Crippen LogP contribution in [0.2, 0.25) is 0 Å².